The topological polar surface area (TPSA) is 46.3 Å². The number of nitrogens with zero attached hydrogens (tertiary/aromatic N) is 1. The van der Waals surface area contributed by atoms with Crippen molar-refractivity contribution in [2.45, 2.75) is 26.3 Å². The quantitative estimate of drug-likeness (QED) is 0.866. The lowest BCUT2D eigenvalue weighted by atomic mass is 9.98. The molecule has 92 valence electrons. The fourth-order valence-electron chi connectivity index (χ4n) is 2.36. The van der Waals surface area contributed by atoms with Gasteiger partial charge in [0.05, 0.1) is 0 Å². The van der Waals surface area contributed by atoms with E-state index in [-0.39, 0.29) is 5.91 Å². The van der Waals surface area contributed by atoms with Crippen molar-refractivity contribution in [3.05, 3.63) is 35.4 Å². The second-order valence-electron chi connectivity index (χ2n) is 4.98. The molecule has 1 amide bonds. The monoisotopic (exact) mass is 232 g/mol. The molecular weight excluding hydrogens is 212 g/mol. The van der Waals surface area contributed by atoms with Gasteiger partial charge in [-0.05, 0) is 43.5 Å². The number of carbonyl (C=O) groups excluding carboxylic acids is 1. The predicted molar refractivity (Wildman–Crippen MR) is 68.6 cm³/mol. The Morgan fingerprint density at radius 3 is 2.65 bits per heavy atom. The number of carbonyl (C=O) groups is 1. The Hall–Kier alpha value is -1.35. The van der Waals surface area contributed by atoms with Gasteiger partial charge >= 0.3 is 0 Å². The van der Waals surface area contributed by atoms with E-state index in [9.17, 15) is 4.79 Å². The Bertz CT molecular complexity index is 395. The van der Waals surface area contributed by atoms with Gasteiger partial charge in [-0.2, -0.15) is 0 Å². The van der Waals surface area contributed by atoms with Crippen LogP contribution in [-0.4, -0.2) is 23.9 Å². The molecule has 0 radical (unpaired) electrons. The largest absolute Gasteiger partial charge is 0.366 e. The van der Waals surface area contributed by atoms with E-state index in [4.69, 9.17) is 5.73 Å². The lowest BCUT2D eigenvalue weighted by Gasteiger charge is -2.30. The molecule has 2 rings (SSSR count). The molecule has 1 fully saturated rings. The van der Waals surface area contributed by atoms with E-state index in [1.54, 1.807) is 0 Å². The number of primary amides is 1. The minimum atomic E-state index is -0.328. The first kappa shape index (κ1) is 12.1. The maximum Gasteiger partial charge on any atom is 0.249 e. The Labute approximate surface area is 103 Å². The molecule has 1 aromatic carbocycles. The highest BCUT2D eigenvalue weighted by Crippen LogP contribution is 2.19. The van der Waals surface area contributed by atoms with Gasteiger partial charge in [0, 0.05) is 12.1 Å². The number of amides is 1. The van der Waals surface area contributed by atoms with Gasteiger partial charge in [0.15, 0.2) is 0 Å². The summed E-state index contributed by atoms with van der Waals surface area (Å²) >= 11 is 0. The SMILES string of the molecule is CC1CCN(Cc2ccccc2C(N)=O)CC1. The zero-order valence-electron chi connectivity index (χ0n) is 10.4. The average Bonchev–Trinajstić information content (AvgIpc) is 2.32. The molecule has 1 aromatic rings. The zero-order chi connectivity index (χ0) is 12.3. The molecule has 1 heterocycles. The molecule has 17 heavy (non-hydrogen) atoms. The van der Waals surface area contributed by atoms with Crippen LogP contribution < -0.4 is 5.73 Å². The summed E-state index contributed by atoms with van der Waals surface area (Å²) in [7, 11) is 0. The van der Waals surface area contributed by atoms with Crippen molar-refractivity contribution in [2.24, 2.45) is 11.7 Å². The van der Waals surface area contributed by atoms with E-state index in [1.165, 1.54) is 12.8 Å². The third kappa shape index (κ3) is 3.07. The molecule has 0 aromatic heterocycles. The molecule has 0 aliphatic carbocycles. The number of piperidine rings is 1. The number of hydrogen-bond donors (Lipinski definition) is 1. The van der Waals surface area contributed by atoms with Crippen molar-refractivity contribution in [3.63, 3.8) is 0 Å². The standard InChI is InChI=1S/C14H20N2O/c1-11-6-8-16(9-7-11)10-12-4-2-3-5-13(12)14(15)17/h2-5,11H,6-10H2,1H3,(H2,15,17). The minimum absolute atomic E-state index is 0.328. The highest BCUT2D eigenvalue weighted by molar-refractivity contribution is 5.94. The van der Waals surface area contributed by atoms with Crippen LogP contribution in [0.2, 0.25) is 0 Å². The van der Waals surface area contributed by atoms with Crippen molar-refractivity contribution in [2.75, 3.05) is 13.1 Å². The molecule has 1 aliphatic rings. The van der Waals surface area contributed by atoms with Crippen LogP contribution in [0.5, 0.6) is 0 Å². The van der Waals surface area contributed by atoms with E-state index in [2.05, 4.69) is 11.8 Å². The van der Waals surface area contributed by atoms with Gasteiger partial charge in [-0.25, -0.2) is 0 Å². The van der Waals surface area contributed by atoms with E-state index in [0.29, 0.717) is 5.56 Å². The molecule has 0 spiro atoms. The number of likely N-dealkylation sites (tertiary alicyclic amines) is 1. The van der Waals surface area contributed by atoms with Gasteiger partial charge in [0.25, 0.3) is 0 Å². The van der Waals surface area contributed by atoms with Crippen LogP contribution in [-0.2, 0) is 6.54 Å². The second kappa shape index (κ2) is 5.32. The van der Waals surface area contributed by atoms with Crippen LogP contribution >= 0.6 is 0 Å². The van der Waals surface area contributed by atoms with E-state index >= 15 is 0 Å². The Balaban J connectivity index is 2.05. The molecule has 1 saturated heterocycles. The van der Waals surface area contributed by atoms with Crippen LogP contribution in [0.15, 0.2) is 24.3 Å². The lowest BCUT2D eigenvalue weighted by Crippen LogP contribution is -2.33. The first-order valence-electron chi connectivity index (χ1n) is 6.27. The molecule has 3 heteroatoms. The Morgan fingerprint density at radius 2 is 2.00 bits per heavy atom. The fraction of sp³-hybridized carbons (Fsp3) is 0.500. The average molecular weight is 232 g/mol. The summed E-state index contributed by atoms with van der Waals surface area (Å²) in [5.74, 6) is 0.503. The summed E-state index contributed by atoms with van der Waals surface area (Å²) < 4.78 is 0. The third-order valence-corrected chi connectivity index (χ3v) is 3.55. The molecule has 0 saturated carbocycles. The molecule has 2 N–H and O–H groups in total. The summed E-state index contributed by atoms with van der Waals surface area (Å²) in [5, 5.41) is 0. The number of hydrogen-bond acceptors (Lipinski definition) is 2. The third-order valence-electron chi connectivity index (χ3n) is 3.55. The van der Waals surface area contributed by atoms with E-state index in [0.717, 1.165) is 31.1 Å². The van der Waals surface area contributed by atoms with Crippen LogP contribution in [0.1, 0.15) is 35.7 Å². The summed E-state index contributed by atoms with van der Waals surface area (Å²) in [6.07, 6.45) is 2.50. The highest BCUT2D eigenvalue weighted by Gasteiger charge is 2.17. The van der Waals surface area contributed by atoms with Gasteiger partial charge in [-0.1, -0.05) is 25.1 Å². The first-order chi connectivity index (χ1) is 8.16. The van der Waals surface area contributed by atoms with E-state index < -0.39 is 0 Å². The fourth-order valence-corrected chi connectivity index (χ4v) is 2.36. The van der Waals surface area contributed by atoms with Gasteiger partial charge in [0.1, 0.15) is 0 Å². The van der Waals surface area contributed by atoms with E-state index in [1.807, 2.05) is 24.3 Å². The Morgan fingerprint density at radius 1 is 1.35 bits per heavy atom. The molecule has 0 unspecified atom stereocenters. The van der Waals surface area contributed by atoms with Crippen molar-refractivity contribution in [3.8, 4) is 0 Å². The number of nitrogens with two attached hydrogens (primary N) is 1. The maximum atomic E-state index is 11.3. The molecule has 0 atom stereocenters. The summed E-state index contributed by atoms with van der Waals surface area (Å²) in [4.78, 5) is 13.7. The van der Waals surface area contributed by atoms with Crippen molar-refractivity contribution < 1.29 is 4.79 Å². The maximum absolute atomic E-state index is 11.3. The molecular formula is C14H20N2O. The van der Waals surface area contributed by atoms with Crippen LogP contribution in [0.25, 0.3) is 0 Å². The van der Waals surface area contributed by atoms with Crippen molar-refractivity contribution in [1.82, 2.24) is 4.90 Å². The number of rotatable bonds is 3. The van der Waals surface area contributed by atoms with Crippen LogP contribution in [0, 0.1) is 5.92 Å². The Kier molecular flexibility index (Phi) is 3.79. The summed E-state index contributed by atoms with van der Waals surface area (Å²) in [5.41, 5.74) is 7.09. The minimum Gasteiger partial charge on any atom is -0.366 e. The molecule has 1 aliphatic heterocycles. The molecule has 3 nitrogen and oxygen atoms in total. The van der Waals surface area contributed by atoms with Crippen molar-refractivity contribution >= 4 is 5.91 Å². The van der Waals surface area contributed by atoms with Gasteiger partial charge in [0.2, 0.25) is 5.91 Å². The zero-order valence-corrected chi connectivity index (χ0v) is 10.4. The van der Waals surface area contributed by atoms with Crippen LogP contribution in [0.3, 0.4) is 0 Å². The van der Waals surface area contributed by atoms with Crippen LogP contribution in [0.4, 0.5) is 0 Å². The predicted octanol–water partition coefficient (Wildman–Crippen LogP) is 2.02. The summed E-state index contributed by atoms with van der Waals surface area (Å²) in [6, 6.07) is 7.64. The van der Waals surface area contributed by atoms with Gasteiger partial charge in [-0.15, -0.1) is 0 Å². The highest BCUT2D eigenvalue weighted by atomic mass is 16.1. The molecule has 0 bridgehead atoms. The second-order valence-corrected chi connectivity index (χ2v) is 4.98. The summed E-state index contributed by atoms with van der Waals surface area (Å²) in [6.45, 7) is 5.38. The normalized spacial score (nSPS) is 18.2. The number of benzene rings is 1. The van der Waals surface area contributed by atoms with Gasteiger partial charge < -0.3 is 5.73 Å². The van der Waals surface area contributed by atoms with Crippen molar-refractivity contribution in [1.29, 1.82) is 0 Å². The first-order valence-corrected chi connectivity index (χ1v) is 6.27. The lowest BCUT2D eigenvalue weighted by molar-refractivity contribution is 0.0997. The van der Waals surface area contributed by atoms with Gasteiger partial charge in [-0.3, -0.25) is 9.69 Å². The smallest absolute Gasteiger partial charge is 0.249 e.